The molecule has 7 nitrogen and oxygen atoms in total. The van der Waals surface area contributed by atoms with Gasteiger partial charge in [0.05, 0.1) is 6.54 Å². The van der Waals surface area contributed by atoms with Crippen LogP contribution in [0.5, 0.6) is 0 Å². The normalized spacial score (nSPS) is 23.5. The van der Waals surface area contributed by atoms with Gasteiger partial charge in [-0.2, -0.15) is 0 Å². The second kappa shape index (κ2) is 9.63. The van der Waals surface area contributed by atoms with Crippen molar-refractivity contribution >= 4 is 23.6 Å². The number of carbonyl (C=O) groups excluding carboxylic acids is 2. The Hall–Kier alpha value is -1.76. The molecule has 0 aromatic heterocycles. The Kier molecular flexibility index (Phi) is 7.21. The van der Waals surface area contributed by atoms with Crippen LogP contribution in [0.3, 0.4) is 0 Å². The van der Waals surface area contributed by atoms with E-state index in [1.807, 2.05) is 0 Å². The minimum absolute atomic E-state index is 0.151. The van der Waals surface area contributed by atoms with Gasteiger partial charge in [-0.1, -0.05) is 39.0 Å². The van der Waals surface area contributed by atoms with E-state index in [0.717, 1.165) is 38.4 Å². The maximum atomic E-state index is 12.9. The topological polar surface area (TPSA) is 59.2 Å². The van der Waals surface area contributed by atoms with Gasteiger partial charge in [0, 0.05) is 14.1 Å². The number of imide groups is 1. The Labute approximate surface area is 169 Å². The fraction of sp³-hybridized carbons (Fsp3) is 0.810. The first-order valence-electron chi connectivity index (χ1n) is 11.0. The van der Waals surface area contributed by atoms with E-state index in [2.05, 4.69) is 16.4 Å². The van der Waals surface area contributed by atoms with Crippen molar-refractivity contribution in [1.29, 1.82) is 0 Å². The minimum atomic E-state index is -0.442. The summed E-state index contributed by atoms with van der Waals surface area (Å²) in [5.74, 6) is 1.41. The molecule has 2 fully saturated rings. The van der Waals surface area contributed by atoms with Crippen molar-refractivity contribution in [1.82, 2.24) is 14.7 Å². The average molecular weight is 391 g/mol. The third kappa shape index (κ3) is 4.45. The van der Waals surface area contributed by atoms with E-state index in [0.29, 0.717) is 5.84 Å². The number of likely N-dealkylation sites (N-methyl/N-ethyl adjacent to an activating group) is 2. The van der Waals surface area contributed by atoms with Gasteiger partial charge in [0.15, 0.2) is 0 Å². The van der Waals surface area contributed by atoms with Gasteiger partial charge in [0.25, 0.3) is 17.8 Å². The molecule has 28 heavy (non-hydrogen) atoms. The SMILES string of the molecule is CCCCCCCC[N+]1=C(CN2CCCCC2)N=C2C1C(=O)N(C)C(=O)N2C. The summed E-state index contributed by atoms with van der Waals surface area (Å²) in [4.78, 5) is 35.3. The first-order chi connectivity index (χ1) is 13.5. The molecule has 1 unspecified atom stereocenters. The van der Waals surface area contributed by atoms with Crippen molar-refractivity contribution in [2.45, 2.75) is 70.8 Å². The zero-order valence-corrected chi connectivity index (χ0v) is 17.8. The molecule has 0 saturated carbocycles. The summed E-state index contributed by atoms with van der Waals surface area (Å²) in [6.07, 6.45) is 11.1. The second-order valence-corrected chi connectivity index (χ2v) is 8.33. The lowest BCUT2D eigenvalue weighted by molar-refractivity contribution is -0.537. The molecule has 0 aromatic carbocycles. The van der Waals surface area contributed by atoms with Crippen molar-refractivity contribution in [3.05, 3.63) is 0 Å². The predicted octanol–water partition coefficient (Wildman–Crippen LogP) is 2.55. The summed E-state index contributed by atoms with van der Waals surface area (Å²) in [5.41, 5.74) is 0. The van der Waals surface area contributed by atoms with E-state index >= 15 is 0 Å². The highest BCUT2D eigenvalue weighted by molar-refractivity contribution is 6.23. The number of likely N-dealkylation sites (tertiary alicyclic amines) is 1. The van der Waals surface area contributed by atoms with Crippen molar-refractivity contribution in [2.75, 3.05) is 40.3 Å². The number of nitrogens with zero attached hydrogens (tertiary/aromatic N) is 5. The number of amides is 3. The first kappa shape index (κ1) is 21.0. The molecule has 0 aliphatic carbocycles. The molecule has 0 aromatic rings. The van der Waals surface area contributed by atoms with Gasteiger partial charge in [-0.3, -0.25) is 19.5 Å². The molecule has 1 atom stereocenters. The standard InChI is InChI=1S/C21H36N5O2/c1-4-5-6-7-8-12-15-26-17(16-25-13-10-9-11-14-25)22-19-18(26)20(27)24(3)21(28)23(19)2/h18H,4-16H2,1-3H3/q+1. The molecule has 3 amide bonds. The number of hydrogen-bond acceptors (Lipinski definition) is 4. The van der Waals surface area contributed by atoms with Crippen LogP contribution in [0.4, 0.5) is 4.79 Å². The van der Waals surface area contributed by atoms with E-state index < -0.39 is 6.04 Å². The summed E-state index contributed by atoms with van der Waals surface area (Å²) in [6, 6.07) is -0.734. The molecule has 3 rings (SSSR count). The number of amidine groups is 2. The van der Waals surface area contributed by atoms with Crippen LogP contribution in [0.2, 0.25) is 0 Å². The van der Waals surface area contributed by atoms with E-state index in [1.165, 1.54) is 56.3 Å². The molecule has 156 valence electrons. The van der Waals surface area contributed by atoms with E-state index in [9.17, 15) is 9.59 Å². The molecule has 3 heterocycles. The Morgan fingerprint density at radius 2 is 1.64 bits per heavy atom. The molecule has 0 spiro atoms. The van der Waals surface area contributed by atoms with Crippen LogP contribution in [0.25, 0.3) is 0 Å². The number of unbranched alkanes of at least 4 members (excludes halogenated alkanes) is 5. The average Bonchev–Trinajstić information content (AvgIpc) is 3.06. The third-order valence-electron chi connectivity index (χ3n) is 6.18. The zero-order chi connectivity index (χ0) is 20.1. The number of fused-ring (bicyclic) bond motifs is 1. The summed E-state index contributed by atoms with van der Waals surface area (Å²) in [7, 11) is 3.30. The van der Waals surface area contributed by atoms with Gasteiger partial charge in [0.1, 0.15) is 6.54 Å². The maximum absolute atomic E-state index is 12.9. The lowest BCUT2D eigenvalue weighted by Crippen LogP contribution is -2.61. The van der Waals surface area contributed by atoms with Gasteiger partial charge < -0.3 is 0 Å². The van der Waals surface area contributed by atoms with E-state index in [1.54, 1.807) is 19.0 Å². The van der Waals surface area contributed by atoms with Gasteiger partial charge >= 0.3 is 11.9 Å². The van der Waals surface area contributed by atoms with Crippen LogP contribution in [0.1, 0.15) is 64.7 Å². The van der Waals surface area contributed by atoms with Crippen LogP contribution < -0.4 is 0 Å². The van der Waals surface area contributed by atoms with Gasteiger partial charge in [-0.05, 0) is 43.8 Å². The highest BCUT2D eigenvalue weighted by Crippen LogP contribution is 2.21. The molecule has 7 heteroatoms. The molecule has 0 radical (unpaired) electrons. The lowest BCUT2D eigenvalue weighted by Gasteiger charge is -2.30. The Balaban J connectivity index is 1.74. The number of rotatable bonds is 9. The fourth-order valence-electron chi connectivity index (χ4n) is 4.41. The lowest BCUT2D eigenvalue weighted by atomic mass is 10.1. The van der Waals surface area contributed by atoms with Crippen LogP contribution in [0, 0.1) is 0 Å². The largest absolute Gasteiger partial charge is 0.333 e. The summed E-state index contributed by atoms with van der Waals surface area (Å²) >= 11 is 0. The monoisotopic (exact) mass is 390 g/mol. The second-order valence-electron chi connectivity index (χ2n) is 8.33. The van der Waals surface area contributed by atoms with Crippen molar-refractivity contribution < 1.29 is 14.2 Å². The highest BCUT2D eigenvalue weighted by atomic mass is 16.2. The number of aliphatic imine (C=N–C) groups is 1. The highest BCUT2D eigenvalue weighted by Gasteiger charge is 2.52. The van der Waals surface area contributed by atoms with Crippen molar-refractivity contribution in [3.63, 3.8) is 0 Å². The van der Waals surface area contributed by atoms with Crippen molar-refractivity contribution in [3.8, 4) is 0 Å². The number of carbonyl (C=O) groups is 2. The molecular formula is C21H36N5O2+. The molecule has 2 saturated heterocycles. The number of urea groups is 1. The van der Waals surface area contributed by atoms with Gasteiger partial charge in [0.2, 0.25) is 0 Å². The quantitative estimate of drug-likeness (QED) is 0.449. The number of hydrogen-bond donors (Lipinski definition) is 0. The van der Waals surface area contributed by atoms with Crippen LogP contribution in [-0.4, -0.2) is 89.2 Å². The summed E-state index contributed by atoms with van der Waals surface area (Å²) in [5, 5.41) is 0. The van der Waals surface area contributed by atoms with Crippen LogP contribution in [-0.2, 0) is 4.79 Å². The Morgan fingerprint density at radius 3 is 2.36 bits per heavy atom. The Morgan fingerprint density at radius 1 is 0.964 bits per heavy atom. The first-order valence-corrected chi connectivity index (χ1v) is 11.0. The summed E-state index contributed by atoms with van der Waals surface area (Å²) < 4.78 is 2.17. The fourth-order valence-corrected chi connectivity index (χ4v) is 4.41. The number of piperidine rings is 1. The van der Waals surface area contributed by atoms with Crippen molar-refractivity contribution in [2.24, 2.45) is 4.99 Å². The molecule has 0 N–H and O–H groups in total. The molecule has 3 aliphatic heterocycles. The Bertz CT molecular complexity index is 651. The predicted molar refractivity (Wildman–Crippen MR) is 111 cm³/mol. The van der Waals surface area contributed by atoms with Gasteiger partial charge in [-0.15, -0.1) is 0 Å². The smallest absolute Gasteiger partial charge is 0.292 e. The van der Waals surface area contributed by atoms with Gasteiger partial charge in [-0.25, -0.2) is 9.37 Å². The van der Waals surface area contributed by atoms with E-state index in [-0.39, 0.29) is 11.9 Å². The van der Waals surface area contributed by atoms with Crippen LogP contribution in [0.15, 0.2) is 4.99 Å². The van der Waals surface area contributed by atoms with E-state index in [4.69, 9.17) is 4.99 Å². The molecular weight excluding hydrogens is 354 g/mol. The minimum Gasteiger partial charge on any atom is -0.292 e. The van der Waals surface area contributed by atoms with Crippen LogP contribution >= 0.6 is 0 Å². The molecule has 0 bridgehead atoms. The maximum Gasteiger partial charge on any atom is 0.333 e. The molecule has 3 aliphatic rings. The third-order valence-corrected chi connectivity index (χ3v) is 6.18. The summed E-state index contributed by atoms with van der Waals surface area (Å²) in [6.45, 7) is 6.01. The zero-order valence-electron chi connectivity index (χ0n) is 17.8.